The highest BCUT2D eigenvalue weighted by atomic mass is 31.2. The maximum absolute atomic E-state index is 12.9. The number of unbranched alkanes of at least 4 members (excludes halogenated alkanes) is 37. The molecule has 61 heavy (non-hydrogen) atoms. The van der Waals surface area contributed by atoms with E-state index >= 15 is 0 Å². The Kier molecular flexibility index (Phi) is 44.3. The minimum absolute atomic E-state index is 0.0787. The Bertz CT molecular complexity index is 963. The minimum Gasteiger partial charge on any atom is -0.391 e. The van der Waals surface area contributed by atoms with Crippen molar-refractivity contribution in [1.29, 1.82) is 0 Å². The van der Waals surface area contributed by atoms with E-state index in [1.165, 1.54) is 212 Å². The smallest absolute Gasteiger partial charge is 0.391 e. The number of carbonyl (C=O) groups is 1. The van der Waals surface area contributed by atoms with Crippen LogP contribution in [0.1, 0.15) is 277 Å². The zero-order valence-corrected chi connectivity index (χ0v) is 42.6. The molecule has 0 aromatic heterocycles. The van der Waals surface area contributed by atoms with Crippen LogP contribution in [0.2, 0.25) is 0 Å². The van der Waals surface area contributed by atoms with Crippen LogP contribution in [0.15, 0.2) is 0 Å². The van der Waals surface area contributed by atoms with Crippen molar-refractivity contribution in [2.24, 2.45) is 0 Å². The molecule has 0 bridgehead atoms. The number of likely N-dealkylation sites (N-methyl/N-ethyl adjacent to an activating group) is 1. The van der Waals surface area contributed by atoms with Crippen molar-refractivity contribution in [2.45, 2.75) is 289 Å². The van der Waals surface area contributed by atoms with Gasteiger partial charge in [-0.2, -0.15) is 0 Å². The Hall–Kier alpha value is -0.500. The first-order valence-corrected chi connectivity index (χ1v) is 28.4. The van der Waals surface area contributed by atoms with E-state index < -0.39 is 20.0 Å². The summed E-state index contributed by atoms with van der Waals surface area (Å²) in [5.41, 5.74) is 0. The molecule has 3 atom stereocenters. The second-order valence-corrected chi connectivity index (χ2v) is 21.4. The van der Waals surface area contributed by atoms with E-state index in [0.29, 0.717) is 23.9 Å². The summed E-state index contributed by atoms with van der Waals surface area (Å²) in [4.78, 5) is 23.2. The summed E-state index contributed by atoms with van der Waals surface area (Å²) >= 11 is 0. The van der Waals surface area contributed by atoms with E-state index in [2.05, 4.69) is 19.2 Å². The second kappa shape index (κ2) is 44.7. The number of phosphoric acid groups is 1. The van der Waals surface area contributed by atoms with Crippen LogP contribution in [0.5, 0.6) is 0 Å². The Morgan fingerprint density at radius 2 is 0.787 bits per heavy atom. The summed E-state index contributed by atoms with van der Waals surface area (Å²) in [7, 11) is 1.63. The standard InChI is InChI=1S/C52H107N2O6P/c1-6-8-10-12-14-16-18-20-21-22-23-24-25-26-27-28-29-30-31-32-33-34-36-38-40-42-44-46-52(56)53-50(49-60-61(57,58)59-48-47-54(3,4)5)51(55)45-43-41-39-37-35-19-17-15-13-11-9-7-2/h50-51,55H,6-49H2,1-5H3,(H-,53,56,57,58)/p+1. The summed E-state index contributed by atoms with van der Waals surface area (Å²) in [6.07, 6.45) is 51.6. The number of nitrogens with one attached hydrogen (secondary N) is 1. The minimum atomic E-state index is -4.31. The van der Waals surface area contributed by atoms with Gasteiger partial charge >= 0.3 is 7.82 Å². The van der Waals surface area contributed by atoms with Crippen molar-refractivity contribution in [3.05, 3.63) is 0 Å². The molecule has 0 fully saturated rings. The number of hydrogen-bond donors (Lipinski definition) is 3. The molecule has 0 aliphatic rings. The maximum atomic E-state index is 12.9. The largest absolute Gasteiger partial charge is 0.472 e. The summed E-state index contributed by atoms with van der Waals surface area (Å²) in [6, 6.07) is -0.753. The Morgan fingerprint density at radius 3 is 1.10 bits per heavy atom. The number of phosphoric ester groups is 1. The highest BCUT2D eigenvalue weighted by molar-refractivity contribution is 7.47. The fourth-order valence-corrected chi connectivity index (χ4v) is 9.08. The summed E-state index contributed by atoms with van der Waals surface area (Å²) in [5, 5.41) is 14.0. The number of aliphatic hydroxyl groups is 1. The number of aliphatic hydroxyl groups excluding tert-OH is 1. The first kappa shape index (κ1) is 60.5. The van der Waals surface area contributed by atoms with Crippen LogP contribution < -0.4 is 5.32 Å². The van der Waals surface area contributed by atoms with Crippen molar-refractivity contribution < 1.29 is 32.9 Å². The fraction of sp³-hybridized carbons (Fsp3) is 0.981. The molecule has 0 aliphatic carbocycles. The predicted octanol–water partition coefficient (Wildman–Crippen LogP) is 15.7. The maximum Gasteiger partial charge on any atom is 0.472 e. The number of nitrogens with zero attached hydrogens (tertiary/aromatic N) is 1. The van der Waals surface area contributed by atoms with E-state index in [9.17, 15) is 19.4 Å². The molecule has 0 aromatic rings. The average Bonchev–Trinajstić information content (AvgIpc) is 3.21. The number of quaternary nitrogens is 1. The quantitative estimate of drug-likeness (QED) is 0.0319. The normalized spacial score (nSPS) is 14.0. The predicted molar refractivity (Wildman–Crippen MR) is 263 cm³/mol. The lowest BCUT2D eigenvalue weighted by Gasteiger charge is -2.26. The average molecular weight is 888 g/mol. The van der Waals surface area contributed by atoms with Gasteiger partial charge in [-0.25, -0.2) is 4.57 Å². The molecule has 8 nitrogen and oxygen atoms in total. The molecule has 0 saturated carbocycles. The number of rotatable bonds is 50. The Morgan fingerprint density at radius 1 is 0.492 bits per heavy atom. The lowest BCUT2D eigenvalue weighted by atomic mass is 10.0. The molecule has 1 amide bonds. The van der Waals surface area contributed by atoms with Crippen LogP contribution in [-0.4, -0.2) is 73.4 Å². The number of amides is 1. The zero-order valence-electron chi connectivity index (χ0n) is 41.7. The monoisotopic (exact) mass is 888 g/mol. The molecule has 0 rings (SSSR count). The molecule has 366 valence electrons. The lowest BCUT2D eigenvalue weighted by molar-refractivity contribution is -0.870. The van der Waals surface area contributed by atoms with Crippen molar-refractivity contribution in [3.8, 4) is 0 Å². The van der Waals surface area contributed by atoms with Crippen molar-refractivity contribution in [1.82, 2.24) is 5.32 Å². The summed E-state index contributed by atoms with van der Waals surface area (Å²) < 4.78 is 23.7. The third kappa shape index (κ3) is 47.3. The van der Waals surface area contributed by atoms with E-state index in [4.69, 9.17) is 9.05 Å². The molecule has 0 heterocycles. The van der Waals surface area contributed by atoms with Gasteiger partial charge in [0.05, 0.1) is 39.9 Å². The van der Waals surface area contributed by atoms with Gasteiger partial charge in [0.15, 0.2) is 0 Å². The van der Waals surface area contributed by atoms with Crippen LogP contribution >= 0.6 is 7.82 Å². The highest BCUT2D eigenvalue weighted by Crippen LogP contribution is 2.43. The number of hydrogen-bond acceptors (Lipinski definition) is 5. The van der Waals surface area contributed by atoms with Gasteiger partial charge in [-0.05, 0) is 12.8 Å². The first-order chi connectivity index (χ1) is 29.5. The van der Waals surface area contributed by atoms with Gasteiger partial charge in [0.2, 0.25) is 5.91 Å². The van der Waals surface area contributed by atoms with Gasteiger partial charge in [0.25, 0.3) is 0 Å². The Balaban J connectivity index is 4.03. The third-order valence-corrected chi connectivity index (χ3v) is 13.6. The molecule has 0 radical (unpaired) electrons. The van der Waals surface area contributed by atoms with Crippen LogP contribution in [0.25, 0.3) is 0 Å². The van der Waals surface area contributed by atoms with Gasteiger partial charge < -0.3 is 19.8 Å². The molecule has 0 saturated heterocycles. The van der Waals surface area contributed by atoms with Crippen molar-refractivity contribution in [2.75, 3.05) is 40.9 Å². The number of carbonyl (C=O) groups excluding carboxylic acids is 1. The van der Waals surface area contributed by atoms with Crippen LogP contribution in [0.4, 0.5) is 0 Å². The van der Waals surface area contributed by atoms with Gasteiger partial charge in [0, 0.05) is 6.42 Å². The summed E-state index contributed by atoms with van der Waals surface area (Å²) in [5.74, 6) is -0.138. The Labute approximate surface area is 380 Å². The topological polar surface area (TPSA) is 105 Å². The molecule has 0 aliphatic heterocycles. The molecular formula is C52H108N2O6P+. The molecule has 9 heteroatoms. The van der Waals surface area contributed by atoms with Gasteiger partial charge in [0.1, 0.15) is 13.2 Å². The van der Waals surface area contributed by atoms with Crippen molar-refractivity contribution >= 4 is 13.7 Å². The molecular weight excluding hydrogens is 780 g/mol. The third-order valence-electron chi connectivity index (χ3n) is 12.6. The van der Waals surface area contributed by atoms with Gasteiger partial charge in [-0.3, -0.25) is 13.8 Å². The molecule has 0 aromatic carbocycles. The van der Waals surface area contributed by atoms with E-state index in [-0.39, 0.29) is 19.1 Å². The summed E-state index contributed by atoms with van der Waals surface area (Å²) in [6.45, 7) is 4.92. The second-order valence-electron chi connectivity index (χ2n) is 20.0. The highest BCUT2D eigenvalue weighted by Gasteiger charge is 2.28. The molecule has 3 N–H and O–H groups in total. The van der Waals surface area contributed by atoms with E-state index in [0.717, 1.165) is 38.5 Å². The zero-order chi connectivity index (χ0) is 45.0. The van der Waals surface area contributed by atoms with E-state index in [1.54, 1.807) is 0 Å². The van der Waals surface area contributed by atoms with Crippen LogP contribution in [0, 0.1) is 0 Å². The fourth-order valence-electron chi connectivity index (χ4n) is 8.34. The van der Waals surface area contributed by atoms with Crippen LogP contribution in [0.3, 0.4) is 0 Å². The van der Waals surface area contributed by atoms with Crippen LogP contribution in [-0.2, 0) is 18.4 Å². The first-order valence-electron chi connectivity index (χ1n) is 26.9. The van der Waals surface area contributed by atoms with E-state index in [1.807, 2.05) is 21.1 Å². The molecule has 0 spiro atoms. The SMILES string of the molecule is CCCCCCCCCCCCCCCCCCCCCCCCCCCCCC(=O)NC(COP(=O)(O)OCC[N+](C)(C)C)C(O)CCCCCCCCCCCCCC. The van der Waals surface area contributed by atoms with Crippen molar-refractivity contribution in [3.63, 3.8) is 0 Å². The lowest BCUT2D eigenvalue weighted by Crippen LogP contribution is -2.46. The molecule has 3 unspecified atom stereocenters. The van der Waals surface area contributed by atoms with Gasteiger partial charge in [-0.1, -0.05) is 258 Å². The van der Waals surface area contributed by atoms with Gasteiger partial charge in [-0.15, -0.1) is 0 Å².